The Morgan fingerprint density at radius 2 is 2.33 bits per heavy atom. The molecular formula is C11H15N5O5. The van der Waals surface area contributed by atoms with E-state index in [-0.39, 0.29) is 17.1 Å². The highest BCUT2D eigenvalue weighted by Gasteiger charge is 2.53. The lowest BCUT2D eigenvalue weighted by atomic mass is 9.96. The number of fused-ring (bicyclic) bond motifs is 1. The quantitative estimate of drug-likeness (QED) is 0.414. The summed E-state index contributed by atoms with van der Waals surface area (Å²) in [5.74, 6) is -0.105. The van der Waals surface area contributed by atoms with Gasteiger partial charge in [0.2, 0.25) is 5.95 Å². The van der Waals surface area contributed by atoms with Gasteiger partial charge in [0.25, 0.3) is 5.56 Å². The molecule has 2 aromatic heterocycles. The van der Waals surface area contributed by atoms with Gasteiger partial charge in [-0.1, -0.05) is 0 Å². The summed E-state index contributed by atoms with van der Waals surface area (Å²) >= 11 is 0. The van der Waals surface area contributed by atoms with Gasteiger partial charge in [0.05, 0.1) is 12.9 Å². The van der Waals surface area contributed by atoms with E-state index in [2.05, 4.69) is 15.0 Å². The van der Waals surface area contributed by atoms with Crippen LogP contribution in [-0.4, -0.2) is 59.3 Å². The summed E-state index contributed by atoms with van der Waals surface area (Å²) in [4.78, 5) is 21.9. The summed E-state index contributed by atoms with van der Waals surface area (Å²) in [6.07, 6.45) is -2.06. The summed E-state index contributed by atoms with van der Waals surface area (Å²) in [7, 11) is 0. The van der Waals surface area contributed by atoms with Crippen LogP contribution in [0.5, 0.6) is 0 Å². The van der Waals surface area contributed by atoms with Crippen molar-refractivity contribution in [1.82, 2.24) is 19.5 Å². The van der Waals surface area contributed by atoms with E-state index in [4.69, 9.17) is 10.5 Å². The molecule has 2 aromatic rings. The first-order chi connectivity index (χ1) is 9.86. The molecule has 1 aliphatic rings. The molecule has 0 saturated carbocycles. The summed E-state index contributed by atoms with van der Waals surface area (Å²) in [5.41, 5.74) is 3.44. The van der Waals surface area contributed by atoms with Crippen molar-refractivity contribution in [2.45, 2.75) is 31.0 Å². The predicted molar refractivity (Wildman–Crippen MR) is 70.2 cm³/mol. The molecule has 114 valence electrons. The zero-order chi connectivity index (χ0) is 15.4. The molecule has 0 bridgehead atoms. The lowest BCUT2D eigenvalue weighted by molar-refractivity contribution is -0.0950. The Hall–Kier alpha value is -2.01. The highest BCUT2D eigenvalue weighted by Crippen LogP contribution is 2.38. The number of aromatic nitrogens is 4. The van der Waals surface area contributed by atoms with Crippen LogP contribution in [0.15, 0.2) is 11.1 Å². The number of hydrogen-bond acceptors (Lipinski definition) is 8. The molecule has 6 N–H and O–H groups in total. The molecule has 1 fully saturated rings. The van der Waals surface area contributed by atoms with Crippen LogP contribution in [0.2, 0.25) is 0 Å². The smallest absolute Gasteiger partial charge is 0.280 e. The van der Waals surface area contributed by atoms with E-state index < -0.39 is 36.2 Å². The van der Waals surface area contributed by atoms with Gasteiger partial charge in [-0.3, -0.25) is 14.3 Å². The van der Waals surface area contributed by atoms with E-state index >= 15 is 0 Å². The average Bonchev–Trinajstić information content (AvgIpc) is 2.91. The number of rotatable bonds is 2. The van der Waals surface area contributed by atoms with Crippen LogP contribution in [0.3, 0.4) is 0 Å². The zero-order valence-electron chi connectivity index (χ0n) is 11.1. The van der Waals surface area contributed by atoms with Gasteiger partial charge in [-0.2, -0.15) is 4.98 Å². The van der Waals surface area contributed by atoms with Crippen molar-refractivity contribution in [2.75, 3.05) is 12.3 Å². The average molecular weight is 297 g/mol. The number of ether oxygens (including phenoxy) is 1. The number of nitrogen functional groups attached to an aromatic ring is 1. The second-order valence-electron chi connectivity index (χ2n) is 5.16. The van der Waals surface area contributed by atoms with E-state index in [0.29, 0.717) is 0 Å². The Morgan fingerprint density at radius 1 is 1.62 bits per heavy atom. The number of anilines is 1. The number of nitrogens with two attached hydrogens (primary N) is 1. The van der Waals surface area contributed by atoms with Crippen LogP contribution in [0.4, 0.5) is 5.95 Å². The monoisotopic (exact) mass is 297 g/mol. The van der Waals surface area contributed by atoms with Crippen molar-refractivity contribution in [1.29, 1.82) is 0 Å². The highest BCUT2D eigenvalue weighted by atomic mass is 16.6. The molecule has 0 radical (unpaired) electrons. The second kappa shape index (κ2) is 4.49. The molecular weight excluding hydrogens is 282 g/mol. The van der Waals surface area contributed by atoms with Gasteiger partial charge in [0.15, 0.2) is 17.4 Å². The molecule has 10 heteroatoms. The predicted octanol–water partition coefficient (Wildman–Crippen LogP) is -2.30. The molecule has 0 spiro atoms. The Kier molecular flexibility index (Phi) is 2.99. The van der Waals surface area contributed by atoms with Gasteiger partial charge in [-0.25, -0.2) is 4.98 Å². The minimum Gasteiger partial charge on any atom is -0.394 e. The third kappa shape index (κ3) is 1.92. The fraction of sp³-hybridized carbons (Fsp3) is 0.545. The first-order valence-corrected chi connectivity index (χ1v) is 6.25. The second-order valence-corrected chi connectivity index (χ2v) is 5.16. The number of aliphatic hydroxyl groups is 3. The van der Waals surface area contributed by atoms with Crippen LogP contribution in [0.1, 0.15) is 13.2 Å². The highest BCUT2D eigenvalue weighted by molar-refractivity contribution is 5.70. The summed E-state index contributed by atoms with van der Waals surface area (Å²) in [5, 5.41) is 29.6. The first-order valence-electron chi connectivity index (χ1n) is 6.25. The van der Waals surface area contributed by atoms with Crippen molar-refractivity contribution in [3.05, 3.63) is 16.7 Å². The number of aliphatic hydroxyl groups excluding tert-OH is 2. The fourth-order valence-corrected chi connectivity index (χ4v) is 2.50. The number of hydrogen-bond donors (Lipinski definition) is 5. The van der Waals surface area contributed by atoms with Gasteiger partial charge in [0.1, 0.15) is 17.8 Å². The molecule has 4 atom stereocenters. The van der Waals surface area contributed by atoms with Gasteiger partial charge in [-0.15, -0.1) is 0 Å². The number of aromatic amines is 1. The van der Waals surface area contributed by atoms with Crippen LogP contribution < -0.4 is 11.3 Å². The standard InChI is InChI=1S/C11H15N5O5/c1-11(20)6(18)4(2-17)21-9(11)16-3-13-5-7(16)14-10(12)15-8(5)19/h3-4,6,9,17-18,20H,2H2,1H3,(H3,12,14,15,19)/t4-,6-,9+,11-/m1/s1. The molecule has 10 nitrogen and oxygen atoms in total. The van der Waals surface area contributed by atoms with E-state index in [1.54, 1.807) is 0 Å². The molecule has 3 rings (SSSR count). The summed E-state index contributed by atoms with van der Waals surface area (Å²) in [6.45, 7) is 0.900. The van der Waals surface area contributed by atoms with E-state index in [1.165, 1.54) is 17.8 Å². The van der Waals surface area contributed by atoms with Crippen LogP contribution >= 0.6 is 0 Å². The lowest BCUT2D eigenvalue weighted by Gasteiger charge is -2.27. The maximum Gasteiger partial charge on any atom is 0.280 e. The van der Waals surface area contributed by atoms with E-state index in [1.807, 2.05) is 0 Å². The van der Waals surface area contributed by atoms with Crippen molar-refractivity contribution < 1.29 is 20.1 Å². The molecule has 3 heterocycles. The molecule has 21 heavy (non-hydrogen) atoms. The Balaban J connectivity index is 2.15. The molecule has 1 aliphatic heterocycles. The minimum atomic E-state index is -1.69. The number of imidazole rings is 1. The van der Waals surface area contributed by atoms with Crippen molar-refractivity contribution >= 4 is 17.1 Å². The third-order valence-corrected chi connectivity index (χ3v) is 3.64. The minimum absolute atomic E-state index is 0.0329. The topological polar surface area (TPSA) is 160 Å². The molecule has 1 saturated heterocycles. The van der Waals surface area contributed by atoms with Gasteiger partial charge < -0.3 is 25.8 Å². The van der Waals surface area contributed by atoms with Crippen molar-refractivity contribution in [3.63, 3.8) is 0 Å². The largest absolute Gasteiger partial charge is 0.394 e. The lowest BCUT2D eigenvalue weighted by Crippen LogP contribution is -2.44. The van der Waals surface area contributed by atoms with E-state index in [9.17, 15) is 20.1 Å². The number of nitrogens with zero attached hydrogens (tertiary/aromatic N) is 3. The van der Waals surface area contributed by atoms with Gasteiger partial charge in [0, 0.05) is 0 Å². The first kappa shape index (κ1) is 13.9. The summed E-state index contributed by atoms with van der Waals surface area (Å²) in [6, 6.07) is 0. The molecule has 0 amide bonds. The Bertz CT molecular complexity index is 738. The van der Waals surface area contributed by atoms with Gasteiger partial charge in [-0.05, 0) is 6.92 Å². The SMILES string of the molecule is C[C@@]1(O)[C@H](O)[C@@H](CO)O[C@@H]1n1cnc2c(=O)[nH]c(N)nc21. The Morgan fingerprint density at radius 3 is 2.95 bits per heavy atom. The molecule has 0 aliphatic carbocycles. The van der Waals surface area contributed by atoms with E-state index in [0.717, 1.165) is 0 Å². The number of nitrogens with one attached hydrogen (secondary N) is 1. The maximum absolute atomic E-state index is 11.7. The zero-order valence-corrected chi connectivity index (χ0v) is 11.1. The van der Waals surface area contributed by atoms with Crippen LogP contribution in [0.25, 0.3) is 11.2 Å². The van der Waals surface area contributed by atoms with Crippen LogP contribution in [0, 0.1) is 0 Å². The van der Waals surface area contributed by atoms with Crippen molar-refractivity contribution in [3.8, 4) is 0 Å². The normalized spacial score (nSPS) is 32.9. The molecule has 0 unspecified atom stereocenters. The number of H-pyrrole nitrogens is 1. The summed E-state index contributed by atoms with van der Waals surface area (Å²) < 4.78 is 6.76. The Labute approximate surface area is 117 Å². The third-order valence-electron chi connectivity index (χ3n) is 3.64. The fourth-order valence-electron chi connectivity index (χ4n) is 2.50. The maximum atomic E-state index is 11.7. The van der Waals surface area contributed by atoms with Crippen LogP contribution in [-0.2, 0) is 4.74 Å². The molecule has 0 aromatic carbocycles. The van der Waals surface area contributed by atoms with Crippen molar-refractivity contribution in [2.24, 2.45) is 0 Å². The van der Waals surface area contributed by atoms with Gasteiger partial charge >= 0.3 is 0 Å².